The van der Waals surface area contributed by atoms with Gasteiger partial charge in [0.2, 0.25) is 0 Å². The minimum Gasteiger partial charge on any atom is -0.357 e. The van der Waals surface area contributed by atoms with Crippen LogP contribution < -0.4 is 10.7 Å². The molecular weight excluding hydrogens is 283 g/mol. The van der Waals surface area contributed by atoms with Gasteiger partial charge in [-0.15, -0.1) is 0 Å². The summed E-state index contributed by atoms with van der Waals surface area (Å²) in [5, 5.41) is 7.92. The van der Waals surface area contributed by atoms with Gasteiger partial charge in [-0.05, 0) is 31.2 Å². The van der Waals surface area contributed by atoms with Gasteiger partial charge in [0.25, 0.3) is 0 Å². The fourth-order valence-corrected chi connectivity index (χ4v) is 2.52. The van der Waals surface area contributed by atoms with Gasteiger partial charge in [0.15, 0.2) is 5.43 Å². The van der Waals surface area contributed by atoms with E-state index in [1.54, 1.807) is 6.07 Å². The first kappa shape index (κ1) is 14.5. The minimum absolute atomic E-state index is 0.179. The average molecular weight is 300 g/mol. The number of hydrogen-bond acceptors (Lipinski definition) is 3. The second kappa shape index (κ2) is 5.73. The lowest BCUT2D eigenvalue weighted by Crippen LogP contribution is -2.17. The quantitative estimate of drug-likeness (QED) is 0.774. The number of pyridine rings is 1. The van der Waals surface area contributed by atoms with Crippen LogP contribution in [0.5, 0.6) is 0 Å². The fourth-order valence-electron chi connectivity index (χ4n) is 2.52. The van der Waals surface area contributed by atoms with Crippen LogP contribution in [0.1, 0.15) is 17.1 Å². The fraction of sp³-hybridized carbons (Fsp3) is 0.250. The SMILES string of the molecule is Cc1cc(CNCc2cc(=O)c3cc(F)ccc3[nH]2)n(C)n1. The maximum atomic E-state index is 13.2. The molecule has 0 saturated heterocycles. The lowest BCUT2D eigenvalue weighted by molar-refractivity contribution is 0.619. The van der Waals surface area contributed by atoms with Crippen LogP contribution in [0.3, 0.4) is 0 Å². The van der Waals surface area contributed by atoms with E-state index in [0.29, 0.717) is 24.0 Å². The number of halogens is 1. The molecule has 0 saturated carbocycles. The van der Waals surface area contributed by atoms with Crippen molar-refractivity contribution in [3.8, 4) is 0 Å². The molecule has 0 atom stereocenters. The minimum atomic E-state index is -0.407. The van der Waals surface area contributed by atoms with Gasteiger partial charge in [-0.1, -0.05) is 0 Å². The molecule has 6 heteroatoms. The number of nitrogens with zero attached hydrogens (tertiary/aromatic N) is 2. The zero-order chi connectivity index (χ0) is 15.7. The van der Waals surface area contributed by atoms with E-state index in [4.69, 9.17) is 0 Å². The molecule has 0 unspecified atom stereocenters. The van der Waals surface area contributed by atoms with E-state index in [1.165, 1.54) is 18.2 Å². The second-order valence-electron chi connectivity index (χ2n) is 5.35. The second-order valence-corrected chi connectivity index (χ2v) is 5.35. The Kier molecular flexibility index (Phi) is 3.77. The molecule has 3 aromatic rings. The van der Waals surface area contributed by atoms with Gasteiger partial charge in [0, 0.05) is 42.8 Å². The topological polar surface area (TPSA) is 62.7 Å². The van der Waals surface area contributed by atoms with E-state index < -0.39 is 5.82 Å². The highest BCUT2D eigenvalue weighted by Crippen LogP contribution is 2.10. The van der Waals surface area contributed by atoms with Crippen molar-refractivity contribution in [3.63, 3.8) is 0 Å². The summed E-state index contributed by atoms with van der Waals surface area (Å²) in [6.45, 7) is 3.12. The number of rotatable bonds is 4. The van der Waals surface area contributed by atoms with Crippen molar-refractivity contribution in [1.82, 2.24) is 20.1 Å². The lowest BCUT2D eigenvalue weighted by Gasteiger charge is -2.07. The molecule has 0 fully saturated rings. The van der Waals surface area contributed by atoms with Crippen molar-refractivity contribution in [1.29, 1.82) is 0 Å². The predicted octanol–water partition coefficient (Wildman–Crippen LogP) is 2.00. The Morgan fingerprint density at radius 1 is 1.27 bits per heavy atom. The molecule has 0 radical (unpaired) electrons. The lowest BCUT2D eigenvalue weighted by atomic mass is 10.2. The molecule has 2 N–H and O–H groups in total. The summed E-state index contributed by atoms with van der Waals surface area (Å²) in [6.07, 6.45) is 0. The zero-order valence-corrected chi connectivity index (χ0v) is 12.5. The standard InChI is InChI=1S/C16H17FN4O/c1-10-5-13(21(2)20-10)9-18-8-12-7-16(22)14-6-11(17)3-4-15(14)19-12/h3-7,18H,8-9H2,1-2H3,(H,19,22). The van der Waals surface area contributed by atoms with Gasteiger partial charge >= 0.3 is 0 Å². The van der Waals surface area contributed by atoms with Crippen molar-refractivity contribution < 1.29 is 4.39 Å². The zero-order valence-electron chi connectivity index (χ0n) is 12.5. The van der Waals surface area contributed by atoms with Crippen LogP contribution in [-0.4, -0.2) is 14.8 Å². The highest BCUT2D eigenvalue weighted by Gasteiger charge is 2.05. The van der Waals surface area contributed by atoms with E-state index in [0.717, 1.165) is 17.1 Å². The van der Waals surface area contributed by atoms with Crippen LogP contribution in [-0.2, 0) is 20.1 Å². The molecule has 0 amide bonds. The van der Waals surface area contributed by atoms with E-state index in [2.05, 4.69) is 15.4 Å². The Hall–Kier alpha value is -2.47. The van der Waals surface area contributed by atoms with Crippen LogP contribution in [0.15, 0.2) is 35.1 Å². The molecule has 0 aliphatic rings. The van der Waals surface area contributed by atoms with Crippen LogP contribution in [0, 0.1) is 12.7 Å². The average Bonchev–Trinajstić information content (AvgIpc) is 2.78. The van der Waals surface area contributed by atoms with E-state index in [-0.39, 0.29) is 5.43 Å². The molecule has 5 nitrogen and oxygen atoms in total. The Bertz CT molecular complexity index is 881. The van der Waals surface area contributed by atoms with Crippen molar-refractivity contribution in [2.75, 3.05) is 0 Å². The van der Waals surface area contributed by atoms with Crippen molar-refractivity contribution >= 4 is 10.9 Å². The summed E-state index contributed by atoms with van der Waals surface area (Å²) in [6, 6.07) is 7.69. The maximum absolute atomic E-state index is 13.2. The third kappa shape index (κ3) is 2.92. The van der Waals surface area contributed by atoms with Crippen molar-refractivity contribution in [3.05, 3.63) is 63.5 Å². The van der Waals surface area contributed by atoms with Crippen LogP contribution >= 0.6 is 0 Å². The van der Waals surface area contributed by atoms with E-state index in [9.17, 15) is 9.18 Å². The molecule has 2 heterocycles. The van der Waals surface area contributed by atoms with Crippen molar-refractivity contribution in [2.24, 2.45) is 7.05 Å². The summed E-state index contributed by atoms with van der Waals surface area (Å²) in [5.41, 5.74) is 3.27. The first-order valence-corrected chi connectivity index (χ1v) is 7.04. The van der Waals surface area contributed by atoms with Gasteiger partial charge in [-0.25, -0.2) is 4.39 Å². The number of H-pyrrole nitrogens is 1. The molecule has 114 valence electrons. The van der Waals surface area contributed by atoms with Gasteiger partial charge in [-0.3, -0.25) is 9.48 Å². The molecule has 3 rings (SSSR count). The third-order valence-corrected chi connectivity index (χ3v) is 3.57. The summed E-state index contributed by atoms with van der Waals surface area (Å²) in [4.78, 5) is 15.2. The Morgan fingerprint density at radius 2 is 2.09 bits per heavy atom. The van der Waals surface area contributed by atoms with E-state index >= 15 is 0 Å². The van der Waals surface area contributed by atoms with Crippen LogP contribution in [0.2, 0.25) is 0 Å². The molecule has 1 aromatic carbocycles. The number of hydrogen-bond donors (Lipinski definition) is 2. The summed E-state index contributed by atoms with van der Waals surface area (Å²) < 4.78 is 15.0. The number of fused-ring (bicyclic) bond motifs is 1. The summed E-state index contributed by atoms with van der Waals surface area (Å²) in [5.74, 6) is -0.407. The Balaban J connectivity index is 1.75. The van der Waals surface area contributed by atoms with Crippen LogP contribution in [0.4, 0.5) is 4.39 Å². The third-order valence-electron chi connectivity index (χ3n) is 3.57. The monoisotopic (exact) mass is 300 g/mol. The molecule has 0 aliphatic heterocycles. The molecular formula is C16H17FN4O. The van der Waals surface area contributed by atoms with Gasteiger partial charge in [-0.2, -0.15) is 5.10 Å². The number of nitrogens with one attached hydrogen (secondary N) is 2. The number of aryl methyl sites for hydroxylation is 2. The molecule has 0 aliphatic carbocycles. The maximum Gasteiger partial charge on any atom is 0.189 e. The highest BCUT2D eigenvalue weighted by atomic mass is 19.1. The molecule has 0 spiro atoms. The highest BCUT2D eigenvalue weighted by molar-refractivity contribution is 5.78. The molecule has 0 bridgehead atoms. The number of aromatic nitrogens is 3. The normalized spacial score (nSPS) is 11.2. The molecule has 22 heavy (non-hydrogen) atoms. The van der Waals surface area contributed by atoms with Crippen molar-refractivity contribution in [2.45, 2.75) is 20.0 Å². The van der Waals surface area contributed by atoms with Gasteiger partial charge < -0.3 is 10.3 Å². The number of aromatic amines is 1. The first-order chi connectivity index (χ1) is 10.5. The predicted molar refractivity (Wildman–Crippen MR) is 83.0 cm³/mol. The Labute approximate surface area is 126 Å². The summed E-state index contributed by atoms with van der Waals surface area (Å²) >= 11 is 0. The first-order valence-electron chi connectivity index (χ1n) is 7.04. The van der Waals surface area contributed by atoms with Gasteiger partial charge in [0.1, 0.15) is 5.82 Å². The van der Waals surface area contributed by atoms with Gasteiger partial charge in [0.05, 0.1) is 11.4 Å². The Morgan fingerprint density at radius 3 is 2.82 bits per heavy atom. The summed E-state index contributed by atoms with van der Waals surface area (Å²) in [7, 11) is 1.90. The van der Waals surface area contributed by atoms with Crippen LogP contribution in [0.25, 0.3) is 10.9 Å². The number of benzene rings is 1. The van der Waals surface area contributed by atoms with E-state index in [1.807, 2.05) is 24.7 Å². The smallest absolute Gasteiger partial charge is 0.189 e. The largest absolute Gasteiger partial charge is 0.357 e. The molecule has 2 aromatic heterocycles.